The Labute approximate surface area is 114 Å². The Hall–Kier alpha value is -1.11. The van der Waals surface area contributed by atoms with Crippen LogP contribution in [0.1, 0.15) is 19.4 Å². The molecule has 0 amide bonds. The van der Waals surface area contributed by atoms with E-state index < -0.39 is 10.0 Å². The number of nitrogens with zero attached hydrogens (tertiary/aromatic N) is 1. The molecular formula is C13H20N2O3S. The lowest BCUT2D eigenvalue weighted by Crippen LogP contribution is -2.48. The number of anilines is 1. The molecule has 0 aliphatic carbocycles. The van der Waals surface area contributed by atoms with E-state index in [-0.39, 0.29) is 12.2 Å². The Morgan fingerprint density at radius 2 is 1.84 bits per heavy atom. The standard InChI is InChI=1S/C13H20N2O3S/c1-9-6-12(14)4-5-13(9)19(16,17)15-7-10(2)18-11(3)8-15/h4-6,10-11H,7-8,14H2,1-3H3/t10-,11+. The molecule has 1 aromatic carbocycles. The van der Waals surface area contributed by atoms with Gasteiger partial charge in [0.15, 0.2) is 0 Å². The summed E-state index contributed by atoms with van der Waals surface area (Å²) in [6.45, 7) is 6.30. The topological polar surface area (TPSA) is 72.6 Å². The number of sulfonamides is 1. The first-order valence-electron chi connectivity index (χ1n) is 6.32. The van der Waals surface area contributed by atoms with Gasteiger partial charge in [-0.1, -0.05) is 0 Å². The van der Waals surface area contributed by atoms with E-state index in [9.17, 15) is 8.42 Å². The average Bonchev–Trinajstić information content (AvgIpc) is 2.26. The monoisotopic (exact) mass is 284 g/mol. The van der Waals surface area contributed by atoms with Crippen molar-refractivity contribution in [3.8, 4) is 0 Å². The van der Waals surface area contributed by atoms with Crippen molar-refractivity contribution in [3.63, 3.8) is 0 Å². The van der Waals surface area contributed by atoms with Gasteiger partial charge in [0, 0.05) is 18.8 Å². The maximum Gasteiger partial charge on any atom is 0.243 e. The van der Waals surface area contributed by atoms with Crippen molar-refractivity contribution >= 4 is 15.7 Å². The van der Waals surface area contributed by atoms with Gasteiger partial charge in [0.25, 0.3) is 0 Å². The van der Waals surface area contributed by atoms with E-state index in [0.717, 1.165) is 0 Å². The molecule has 0 saturated carbocycles. The normalized spacial score (nSPS) is 25.4. The second-order valence-electron chi connectivity index (χ2n) is 5.10. The van der Waals surface area contributed by atoms with Gasteiger partial charge in [-0.2, -0.15) is 4.31 Å². The van der Waals surface area contributed by atoms with Crippen molar-refractivity contribution in [2.24, 2.45) is 0 Å². The lowest BCUT2D eigenvalue weighted by atomic mass is 10.2. The van der Waals surface area contributed by atoms with E-state index in [0.29, 0.717) is 29.2 Å². The number of morpholine rings is 1. The van der Waals surface area contributed by atoms with Crippen LogP contribution in [0.5, 0.6) is 0 Å². The van der Waals surface area contributed by atoms with Crippen LogP contribution in [0.4, 0.5) is 5.69 Å². The van der Waals surface area contributed by atoms with E-state index >= 15 is 0 Å². The third-order valence-electron chi connectivity index (χ3n) is 3.20. The molecule has 6 heteroatoms. The zero-order valence-electron chi connectivity index (χ0n) is 11.5. The first-order chi connectivity index (χ1) is 8.80. The zero-order chi connectivity index (χ0) is 14.2. The summed E-state index contributed by atoms with van der Waals surface area (Å²) >= 11 is 0. The number of aryl methyl sites for hydroxylation is 1. The van der Waals surface area contributed by atoms with Gasteiger partial charge >= 0.3 is 0 Å². The van der Waals surface area contributed by atoms with Crippen LogP contribution in [0.3, 0.4) is 0 Å². The minimum atomic E-state index is -3.48. The highest BCUT2D eigenvalue weighted by Gasteiger charge is 2.32. The third-order valence-corrected chi connectivity index (χ3v) is 5.19. The summed E-state index contributed by atoms with van der Waals surface area (Å²) in [5, 5.41) is 0. The Morgan fingerprint density at radius 3 is 2.37 bits per heavy atom. The van der Waals surface area contributed by atoms with E-state index in [1.54, 1.807) is 25.1 Å². The number of rotatable bonds is 2. The second-order valence-corrected chi connectivity index (χ2v) is 7.01. The van der Waals surface area contributed by atoms with Gasteiger partial charge in [-0.3, -0.25) is 0 Å². The van der Waals surface area contributed by atoms with E-state index in [1.165, 1.54) is 4.31 Å². The Balaban J connectivity index is 2.36. The molecule has 106 valence electrons. The Bertz CT molecular complexity index is 561. The molecule has 2 N–H and O–H groups in total. The molecule has 1 aliphatic rings. The van der Waals surface area contributed by atoms with Crippen molar-refractivity contribution in [2.45, 2.75) is 37.9 Å². The van der Waals surface area contributed by atoms with E-state index in [4.69, 9.17) is 10.5 Å². The molecule has 2 rings (SSSR count). The number of benzene rings is 1. The van der Waals surface area contributed by atoms with Crippen LogP contribution in [-0.4, -0.2) is 38.0 Å². The van der Waals surface area contributed by atoms with Gasteiger partial charge < -0.3 is 10.5 Å². The summed E-state index contributed by atoms with van der Waals surface area (Å²) in [6, 6.07) is 4.87. The summed E-state index contributed by atoms with van der Waals surface area (Å²) in [4.78, 5) is 0.322. The smallest absolute Gasteiger partial charge is 0.243 e. The number of hydrogen-bond acceptors (Lipinski definition) is 4. The molecule has 1 heterocycles. The molecule has 0 spiro atoms. The van der Waals surface area contributed by atoms with Crippen molar-refractivity contribution in [2.75, 3.05) is 18.8 Å². The van der Waals surface area contributed by atoms with Gasteiger partial charge in [0.1, 0.15) is 0 Å². The predicted molar refractivity (Wildman–Crippen MR) is 74.4 cm³/mol. The zero-order valence-corrected chi connectivity index (χ0v) is 12.3. The van der Waals surface area contributed by atoms with Crippen LogP contribution >= 0.6 is 0 Å². The summed E-state index contributed by atoms with van der Waals surface area (Å²) in [5.74, 6) is 0. The number of nitrogens with two attached hydrogens (primary N) is 1. The van der Waals surface area contributed by atoms with Gasteiger partial charge in [0.2, 0.25) is 10.0 Å². The van der Waals surface area contributed by atoms with Crippen LogP contribution in [0, 0.1) is 6.92 Å². The summed E-state index contributed by atoms with van der Waals surface area (Å²) in [6.07, 6.45) is -0.180. The van der Waals surface area contributed by atoms with Gasteiger partial charge in [-0.25, -0.2) is 8.42 Å². The van der Waals surface area contributed by atoms with E-state index in [1.807, 2.05) is 13.8 Å². The number of hydrogen-bond donors (Lipinski definition) is 1. The highest BCUT2D eigenvalue weighted by molar-refractivity contribution is 7.89. The third kappa shape index (κ3) is 2.91. The molecule has 1 aromatic rings. The Kier molecular flexibility index (Phi) is 3.85. The quantitative estimate of drug-likeness (QED) is 0.833. The maximum atomic E-state index is 12.6. The van der Waals surface area contributed by atoms with Crippen LogP contribution < -0.4 is 5.73 Å². The largest absolute Gasteiger partial charge is 0.399 e. The maximum absolute atomic E-state index is 12.6. The minimum Gasteiger partial charge on any atom is -0.399 e. The highest BCUT2D eigenvalue weighted by atomic mass is 32.2. The molecule has 0 aromatic heterocycles. The first kappa shape index (κ1) is 14.3. The first-order valence-corrected chi connectivity index (χ1v) is 7.76. The van der Waals surface area contributed by atoms with Crippen molar-refractivity contribution < 1.29 is 13.2 Å². The van der Waals surface area contributed by atoms with Gasteiger partial charge in [0.05, 0.1) is 17.1 Å². The molecule has 0 radical (unpaired) electrons. The molecule has 19 heavy (non-hydrogen) atoms. The molecule has 0 unspecified atom stereocenters. The van der Waals surface area contributed by atoms with E-state index in [2.05, 4.69) is 0 Å². The molecule has 1 saturated heterocycles. The van der Waals surface area contributed by atoms with Gasteiger partial charge in [-0.15, -0.1) is 0 Å². The fourth-order valence-electron chi connectivity index (χ4n) is 2.43. The average molecular weight is 284 g/mol. The fourth-order valence-corrected chi connectivity index (χ4v) is 4.22. The lowest BCUT2D eigenvalue weighted by Gasteiger charge is -2.34. The molecule has 5 nitrogen and oxygen atoms in total. The fraction of sp³-hybridized carbons (Fsp3) is 0.538. The summed E-state index contributed by atoms with van der Waals surface area (Å²) < 4.78 is 32.3. The highest BCUT2D eigenvalue weighted by Crippen LogP contribution is 2.24. The van der Waals surface area contributed by atoms with Crippen LogP contribution in [0.15, 0.2) is 23.1 Å². The second kappa shape index (κ2) is 5.11. The molecule has 1 fully saturated rings. The SMILES string of the molecule is Cc1cc(N)ccc1S(=O)(=O)N1C[C@@H](C)O[C@@H](C)C1. The predicted octanol–water partition coefficient (Wildman–Crippen LogP) is 1.38. The summed E-state index contributed by atoms with van der Waals surface area (Å²) in [7, 11) is -3.48. The molecule has 2 atom stereocenters. The molecule has 1 aliphatic heterocycles. The van der Waals surface area contributed by atoms with Gasteiger partial charge in [-0.05, 0) is 44.5 Å². The summed E-state index contributed by atoms with van der Waals surface area (Å²) in [5.41, 5.74) is 6.91. The minimum absolute atomic E-state index is 0.0902. The molecular weight excluding hydrogens is 264 g/mol. The lowest BCUT2D eigenvalue weighted by molar-refractivity contribution is -0.0440. The number of nitrogen functional groups attached to an aromatic ring is 1. The van der Waals surface area contributed by atoms with Crippen molar-refractivity contribution in [3.05, 3.63) is 23.8 Å². The number of ether oxygens (including phenoxy) is 1. The van der Waals surface area contributed by atoms with Crippen LogP contribution in [0.25, 0.3) is 0 Å². The molecule has 0 bridgehead atoms. The Morgan fingerprint density at radius 1 is 1.26 bits per heavy atom. The van der Waals surface area contributed by atoms with Crippen LogP contribution in [0.2, 0.25) is 0 Å². The van der Waals surface area contributed by atoms with Crippen molar-refractivity contribution in [1.82, 2.24) is 4.31 Å². The van der Waals surface area contributed by atoms with Crippen LogP contribution in [-0.2, 0) is 14.8 Å². The van der Waals surface area contributed by atoms with Crippen molar-refractivity contribution in [1.29, 1.82) is 0 Å².